The summed E-state index contributed by atoms with van der Waals surface area (Å²) in [5.41, 5.74) is 3.44. The maximum atomic E-state index is 12.3. The lowest BCUT2D eigenvalue weighted by Crippen LogP contribution is -2.46. The second-order valence-electron chi connectivity index (χ2n) is 6.65. The predicted molar refractivity (Wildman–Crippen MR) is 88.8 cm³/mol. The Balaban J connectivity index is 1.58. The van der Waals surface area contributed by atoms with E-state index in [2.05, 4.69) is 43.5 Å². The Bertz CT molecular complexity index is 582. The summed E-state index contributed by atoms with van der Waals surface area (Å²) in [6.07, 6.45) is 2.02. The minimum absolute atomic E-state index is 0.0776. The first-order chi connectivity index (χ1) is 11.1. The van der Waals surface area contributed by atoms with E-state index in [-0.39, 0.29) is 18.1 Å². The maximum Gasteiger partial charge on any atom is 0.315 e. The molecule has 0 aliphatic carbocycles. The molecule has 2 aliphatic rings. The summed E-state index contributed by atoms with van der Waals surface area (Å²) in [4.78, 5) is 12.3. The van der Waals surface area contributed by atoms with Gasteiger partial charge in [-0.15, -0.1) is 0 Å². The molecule has 1 saturated heterocycles. The van der Waals surface area contributed by atoms with Gasteiger partial charge in [-0.2, -0.15) is 0 Å². The zero-order valence-electron chi connectivity index (χ0n) is 14.1. The van der Waals surface area contributed by atoms with Gasteiger partial charge in [-0.25, -0.2) is 4.79 Å². The third-order valence-corrected chi connectivity index (χ3v) is 5.11. The first kappa shape index (κ1) is 16.1. The van der Waals surface area contributed by atoms with Gasteiger partial charge in [-0.3, -0.25) is 0 Å². The molecule has 3 rings (SSSR count). The molecule has 23 heavy (non-hydrogen) atoms. The highest BCUT2D eigenvalue weighted by molar-refractivity contribution is 5.75. The van der Waals surface area contributed by atoms with Crippen molar-refractivity contribution in [1.29, 1.82) is 0 Å². The number of fused-ring (bicyclic) bond motifs is 1. The number of benzene rings is 1. The lowest BCUT2D eigenvalue weighted by molar-refractivity contribution is 0.0570. The molecule has 1 aromatic rings. The largest absolute Gasteiger partial charge is 0.490 e. The van der Waals surface area contributed by atoms with Gasteiger partial charge >= 0.3 is 6.03 Å². The third-order valence-electron chi connectivity index (χ3n) is 5.11. The van der Waals surface area contributed by atoms with Crippen LogP contribution >= 0.6 is 0 Å². The standard InChI is InChI=1S/C18H26N2O3/c1-11-4-5-15-16(10-23-17(15)12(11)2)20-18(21)19-13(3)14-6-8-22-9-7-14/h4-5,13-14,16H,6-10H2,1-3H3,(H2,19,20,21)/t13-,16+/m1/s1. The first-order valence-corrected chi connectivity index (χ1v) is 8.44. The van der Waals surface area contributed by atoms with Crippen LogP contribution in [0.5, 0.6) is 5.75 Å². The Morgan fingerprint density at radius 1 is 1.26 bits per heavy atom. The van der Waals surface area contributed by atoms with Crippen molar-refractivity contribution in [2.24, 2.45) is 5.92 Å². The molecule has 0 unspecified atom stereocenters. The Labute approximate surface area is 137 Å². The average Bonchev–Trinajstić information content (AvgIpc) is 2.95. The molecule has 0 aromatic heterocycles. The van der Waals surface area contributed by atoms with E-state index in [1.54, 1.807) is 0 Å². The lowest BCUT2D eigenvalue weighted by atomic mass is 9.93. The number of rotatable bonds is 3. The van der Waals surface area contributed by atoms with E-state index in [0.717, 1.165) is 42.9 Å². The number of hydrogen-bond donors (Lipinski definition) is 2. The fourth-order valence-electron chi connectivity index (χ4n) is 3.39. The van der Waals surface area contributed by atoms with Gasteiger partial charge in [0, 0.05) is 24.8 Å². The number of aryl methyl sites for hydroxylation is 1. The van der Waals surface area contributed by atoms with E-state index >= 15 is 0 Å². The number of ether oxygens (including phenoxy) is 2. The summed E-state index contributed by atoms with van der Waals surface area (Å²) in [6.45, 7) is 8.29. The summed E-state index contributed by atoms with van der Waals surface area (Å²) in [5.74, 6) is 1.42. The number of carbonyl (C=O) groups excluding carboxylic acids is 1. The molecule has 1 fully saturated rings. The molecule has 5 nitrogen and oxygen atoms in total. The molecule has 2 aliphatic heterocycles. The van der Waals surface area contributed by atoms with Crippen molar-refractivity contribution in [3.05, 3.63) is 28.8 Å². The van der Waals surface area contributed by atoms with Crippen molar-refractivity contribution in [3.8, 4) is 5.75 Å². The molecule has 126 valence electrons. The maximum absolute atomic E-state index is 12.3. The normalized spacial score (nSPS) is 22.1. The number of nitrogens with one attached hydrogen (secondary N) is 2. The van der Waals surface area contributed by atoms with E-state index in [9.17, 15) is 4.79 Å². The minimum atomic E-state index is -0.122. The van der Waals surface area contributed by atoms with Crippen molar-refractivity contribution in [3.63, 3.8) is 0 Å². The molecular formula is C18H26N2O3. The summed E-state index contributed by atoms with van der Waals surface area (Å²) >= 11 is 0. The van der Waals surface area contributed by atoms with Crippen LogP contribution in [0.4, 0.5) is 4.79 Å². The van der Waals surface area contributed by atoms with Gasteiger partial charge in [0.15, 0.2) is 0 Å². The first-order valence-electron chi connectivity index (χ1n) is 8.44. The van der Waals surface area contributed by atoms with Gasteiger partial charge in [0.1, 0.15) is 12.4 Å². The van der Waals surface area contributed by atoms with Crippen molar-refractivity contribution in [2.45, 2.75) is 45.7 Å². The van der Waals surface area contributed by atoms with Gasteiger partial charge in [-0.05, 0) is 50.7 Å². The fourth-order valence-corrected chi connectivity index (χ4v) is 3.39. The van der Waals surface area contributed by atoms with Crippen molar-refractivity contribution in [1.82, 2.24) is 10.6 Å². The monoisotopic (exact) mass is 318 g/mol. The molecule has 0 bridgehead atoms. The van der Waals surface area contributed by atoms with Crippen LogP contribution in [-0.4, -0.2) is 31.9 Å². The minimum Gasteiger partial charge on any atom is -0.490 e. The Hall–Kier alpha value is -1.75. The smallest absolute Gasteiger partial charge is 0.315 e. The number of urea groups is 1. The molecule has 1 aromatic carbocycles. The molecule has 2 amide bonds. The van der Waals surface area contributed by atoms with Gasteiger partial charge in [0.25, 0.3) is 0 Å². The average molecular weight is 318 g/mol. The van der Waals surface area contributed by atoms with Crippen LogP contribution in [0.2, 0.25) is 0 Å². The Morgan fingerprint density at radius 2 is 2.00 bits per heavy atom. The van der Waals surface area contributed by atoms with E-state index < -0.39 is 0 Å². The predicted octanol–water partition coefficient (Wildman–Crippen LogP) is 2.85. The number of hydrogen-bond acceptors (Lipinski definition) is 3. The summed E-state index contributed by atoms with van der Waals surface area (Å²) in [5, 5.41) is 6.12. The van der Waals surface area contributed by atoms with Gasteiger partial charge in [0.2, 0.25) is 0 Å². The van der Waals surface area contributed by atoms with Gasteiger partial charge in [-0.1, -0.05) is 12.1 Å². The van der Waals surface area contributed by atoms with E-state index in [1.165, 1.54) is 5.56 Å². The summed E-state index contributed by atoms with van der Waals surface area (Å²) in [6, 6.07) is 4.09. The molecule has 5 heteroatoms. The van der Waals surface area contributed by atoms with Crippen molar-refractivity contribution >= 4 is 6.03 Å². The molecule has 2 atom stereocenters. The van der Waals surface area contributed by atoms with Gasteiger partial charge in [0.05, 0.1) is 6.04 Å². The topological polar surface area (TPSA) is 59.6 Å². The summed E-state index contributed by atoms with van der Waals surface area (Å²) < 4.78 is 11.2. The Kier molecular flexibility index (Phi) is 4.76. The van der Waals surface area contributed by atoms with Crippen molar-refractivity contribution in [2.75, 3.05) is 19.8 Å². The van der Waals surface area contributed by atoms with Crippen LogP contribution in [0.1, 0.15) is 42.5 Å². The van der Waals surface area contributed by atoms with Crippen LogP contribution in [-0.2, 0) is 4.74 Å². The number of amides is 2. The van der Waals surface area contributed by atoms with Crippen LogP contribution in [0, 0.1) is 19.8 Å². The van der Waals surface area contributed by atoms with E-state index in [4.69, 9.17) is 9.47 Å². The lowest BCUT2D eigenvalue weighted by Gasteiger charge is -2.28. The van der Waals surface area contributed by atoms with Gasteiger partial charge < -0.3 is 20.1 Å². The quantitative estimate of drug-likeness (QED) is 0.901. The molecule has 0 spiro atoms. The molecule has 2 N–H and O–H groups in total. The van der Waals surface area contributed by atoms with Crippen LogP contribution < -0.4 is 15.4 Å². The molecular weight excluding hydrogens is 292 g/mol. The van der Waals surface area contributed by atoms with Crippen LogP contribution in [0.25, 0.3) is 0 Å². The highest BCUT2D eigenvalue weighted by Crippen LogP contribution is 2.36. The van der Waals surface area contributed by atoms with E-state index in [0.29, 0.717) is 12.5 Å². The number of carbonyl (C=O) groups is 1. The third kappa shape index (κ3) is 3.44. The van der Waals surface area contributed by atoms with Crippen LogP contribution in [0.3, 0.4) is 0 Å². The fraction of sp³-hybridized carbons (Fsp3) is 0.611. The second kappa shape index (κ2) is 6.79. The van der Waals surface area contributed by atoms with E-state index in [1.807, 2.05) is 0 Å². The highest BCUT2D eigenvalue weighted by Gasteiger charge is 2.28. The van der Waals surface area contributed by atoms with Crippen molar-refractivity contribution < 1.29 is 14.3 Å². The molecule has 0 radical (unpaired) electrons. The zero-order valence-corrected chi connectivity index (χ0v) is 14.1. The summed E-state index contributed by atoms with van der Waals surface area (Å²) in [7, 11) is 0. The molecule has 2 heterocycles. The SMILES string of the molecule is Cc1ccc2c(c1C)OC[C@@H]2NC(=O)N[C@H](C)C1CCOCC1. The second-order valence-corrected chi connectivity index (χ2v) is 6.65. The Morgan fingerprint density at radius 3 is 2.74 bits per heavy atom. The highest BCUT2D eigenvalue weighted by atomic mass is 16.5. The van der Waals surface area contributed by atoms with Crippen LogP contribution in [0.15, 0.2) is 12.1 Å². The molecule has 0 saturated carbocycles. The zero-order chi connectivity index (χ0) is 16.4.